The van der Waals surface area contributed by atoms with Crippen molar-refractivity contribution in [3.63, 3.8) is 0 Å². The minimum Gasteiger partial charge on any atom is -0.352 e. The van der Waals surface area contributed by atoms with Gasteiger partial charge in [0.15, 0.2) is 0 Å². The fourth-order valence-electron chi connectivity index (χ4n) is 3.59. The summed E-state index contributed by atoms with van der Waals surface area (Å²) in [6, 6.07) is 16.6. The minimum absolute atomic E-state index is 0. The average molecular weight is 421 g/mol. The van der Waals surface area contributed by atoms with Crippen LogP contribution in [0, 0.1) is 5.92 Å². The molecule has 150 valence electrons. The zero-order chi connectivity index (χ0) is 17.8. The highest BCUT2D eigenvalue weighted by Gasteiger charge is 2.20. The molecule has 1 fully saturated rings. The average Bonchev–Trinajstić information content (AvgIpc) is 3.10. The molecule has 1 aliphatic heterocycles. The first kappa shape index (κ1) is 22.2. The highest BCUT2D eigenvalue weighted by Crippen LogP contribution is 2.15. The molecule has 2 heterocycles. The molecule has 0 unspecified atom stereocenters. The zero-order valence-electron chi connectivity index (χ0n) is 15.6. The van der Waals surface area contributed by atoms with Crippen molar-refractivity contribution in [1.29, 1.82) is 0 Å². The van der Waals surface area contributed by atoms with E-state index in [2.05, 4.69) is 50.5 Å². The van der Waals surface area contributed by atoms with Crippen LogP contribution in [0.5, 0.6) is 0 Å². The largest absolute Gasteiger partial charge is 0.352 e. The van der Waals surface area contributed by atoms with Gasteiger partial charge in [-0.2, -0.15) is 0 Å². The first-order valence-electron chi connectivity index (χ1n) is 9.26. The maximum Gasteiger partial charge on any atom is 0.223 e. The van der Waals surface area contributed by atoms with E-state index in [0.717, 1.165) is 49.1 Å². The van der Waals surface area contributed by atoms with Crippen LogP contribution in [0.25, 0.3) is 11.0 Å². The number of rotatable bonds is 5. The van der Waals surface area contributed by atoms with Gasteiger partial charge in [-0.1, -0.05) is 36.4 Å². The molecule has 1 saturated heterocycles. The Morgan fingerprint density at radius 1 is 1.07 bits per heavy atom. The fourth-order valence-corrected chi connectivity index (χ4v) is 3.59. The number of hydrogen-bond acceptors (Lipinski definition) is 3. The summed E-state index contributed by atoms with van der Waals surface area (Å²) in [5, 5.41) is 6.40. The maximum absolute atomic E-state index is 12.3. The fraction of sp³-hybridized carbons (Fsp3) is 0.333. The van der Waals surface area contributed by atoms with Crippen LogP contribution in [-0.4, -0.2) is 28.5 Å². The van der Waals surface area contributed by atoms with Crippen molar-refractivity contribution in [2.45, 2.75) is 25.9 Å². The quantitative estimate of drug-likeness (QED) is 0.663. The molecule has 2 aromatic carbocycles. The van der Waals surface area contributed by atoms with Crippen LogP contribution in [-0.2, 0) is 17.9 Å². The Bertz CT molecular complexity index is 906. The van der Waals surface area contributed by atoms with Crippen molar-refractivity contribution in [1.82, 2.24) is 20.2 Å². The lowest BCUT2D eigenvalue weighted by Crippen LogP contribution is -2.37. The number of nitrogens with zero attached hydrogens (tertiary/aromatic N) is 2. The predicted molar refractivity (Wildman–Crippen MR) is 117 cm³/mol. The molecule has 1 aromatic heterocycles. The van der Waals surface area contributed by atoms with Crippen LogP contribution in [0.2, 0.25) is 0 Å². The molecule has 0 radical (unpaired) electrons. The number of carbonyl (C=O) groups excluding carboxylic acids is 1. The topological polar surface area (TPSA) is 59.0 Å². The van der Waals surface area contributed by atoms with Gasteiger partial charge in [-0.3, -0.25) is 4.79 Å². The third-order valence-corrected chi connectivity index (χ3v) is 5.05. The van der Waals surface area contributed by atoms with Crippen molar-refractivity contribution >= 4 is 41.8 Å². The van der Waals surface area contributed by atoms with Gasteiger partial charge in [-0.05, 0) is 49.2 Å². The first-order chi connectivity index (χ1) is 12.8. The number of amides is 1. The minimum atomic E-state index is 0. The lowest BCUT2D eigenvalue weighted by atomic mass is 9.97. The van der Waals surface area contributed by atoms with Gasteiger partial charge in [0.25, 0.3) is 0 Å². The molecule has 4 rings (SSSR count). The molecule has 0 atom stereocenters. The van der Waals surface area contributed by atoms with E-state index in [4.69, 9.17) is 0 Å². The second-order valence-corrected chi connectivity index (χ2v) is 6.92. The molecule has 0 bridgehead atoms. The van der Waals surface area contributed by atoms with E-state index in [1.54, 1.807) is 0 Å². The number of fused-ring (bicyclic) bond motifs is 1. The van der Waals surface area contributed by atoms with E-state index in [9.17, 15) is 4.79 Å². The number of nitrogens with one attached hydrogen (secondary N) is 2. The molecule has 0 spiro atoms. The van der Waals surface area contributed by atoms with E-state index in [1.807, 2.05) is 24.5 Å². The Kier molecular flexibility index (Phi) is 8.30. The molecule has 3 aromatic rings. The van der Waals surface area contributed by atoms with Gasteiger partial charge in [0, 0.05) is 19.0 Å². The van der Waals surface area contributed by atoms with Crippen LogP contribution < -0.4 is 10.6 Å². The second kappa shape index (κ2) is 10.5. The number of hydrogen-bond donors (Lipinski definition) is 2. The molecule has 1 amide bonds. The van der Waals surface area contributed by atoms with Gasteiger partial charge in [0.2, 0.25) is 5.91 Å². The van der Waals surface area contributed by atoms with E-state index < -0.39 is 0 Å². The summed E-state index contributed by atoms with van der Waals surface area (Å²) in [6.07, 6.45) is 3.75. The number of benzene rings is 2. The van der Waals surface area contributed by atoms with Crippen molar-refractivity contribution in [2.75, 3.05) is 13.1 Å². The van der Waals surface area contributed by atoms with Crippen LogP contribution in [0.1, 0.15) is 24.0 Å². The smallest absolute Gasteiger partial charge is 0.223 e. The summed E-state index contributed by atoms with van der Waals surface area (Å²) in [5.41, 5.74) is 4.49. The van der Waals surface area contributed by atoms with Gasteiger partial charge in [0.05, 0.1) is 17.4 Å². The number of halogens is 2. The highest BCUT2D eigenvalue weighted by molar-refractivity contribution is 5.85. The number of aromatic nitrogens is 2. The van der Waals surface area contributed by atoms with E-state index in [-0.39, 0.29) is 36.6 Å². The SMILES string of the molecule is Cl.Cl.O=C(NCc1cccc(Cn2cnc3ccccc32)c1)C1CCNCC1. The summed E-state index contributed by atoms with van der Waals surface area (Å²) in [6.45, 7) is 3.23. The van der Waals surface area contributed by atoms with Gasteiger partial charge >= 0.3 is 0 Å². The number of para-hydroxylation sites is 2. The lowest BCUT2D eigenvalue weighted by Gasteiger charge is -2.21. The van der Waals surface area contributed by atoms with Crippen molar-refractivity contribution in [3.8, 4) is 0 Å². The molecule has 1 aliphatic rings. The molecule has 0 saturated carbocycles. The predicted octanol–water partition coefficient (Wildman–Crippen LogP) is 3.54. The molecule has 7 heteroatoms. The summed E-state index contributed by atoms with van der Waals surface area (Å²) in [4.78, 5) is 16.8. The Morgan fingerprint density at radius 2 is 1.82 bits per heavy atom. The van der Waals surface area contributed by atoms with E-state index in [0.29, 0.717) is 6.54 Å². The van der Waals surface area contributed by atoms with Crippen LogP contribution in [0.15, 0.2) is 54.9 Å². The third-order valence-electron chi connectivity index (χ3n) is 5.05. The summed E-state index contributed by atoms with van der Waals surface area (Å²) in [7, 11) is 0. The molecule has 2 N–H and O–H groups in total. The first-order valence-corrected chi connectivity index (χ1v) is 9.26. The van der Waals surface area contributed by atoms with Crippen molar-refractivity contribution in [2.24, 2.45) is 5.92 Å². The monoisotopic (exact) mass is 420 g/mol. The van der Waals surface area contributed by atoms with Gasteiger partial charge in [0.1, 0.15) is 0 Å². The highest BCUT2D eigenvalue weighted by atomic mass is 35.5. The normalized spacial score (nSPS) is 14.1. The molecule has 5 nitrogen and oxygen atoms in total. The summed E-state index contributed by atoms with van der Waals surface area (Å²) < 4.78 is 2.15. The van der Waals surface area contributed by atoms with Gasteiger partial charge in [-0.15, -0.1) is 24.8 Å². The third kappa shape index (κ3) is 5.25. The Morgan fingerprint density at radius 3 is 2.64 bits per heavy atom. The summed E-state index contributed by atoms with van der Waals surface area (Å²) in [5.74, 6) is 0.328. The van der Waals surface area contributed by atoms with Crippen LogP contribution in [0.3, 0.4) is 0 Å². The standard InChI is InChI=1S/C21H24N4O.2ClH/c26-21(18-8-10-22-11-9-18)23-13-16-4-3-5-17(12-16)14-25-15-24-19-6-1-2-7-20(19)25;;/h1-7,12,15,18,22H,8-11,13-14H2,(H,23,26);2*1H. The lowest BCUT2D eigenvalue weighted by molar-refractivity contribution is -0.125. The number of piperidine rings is 1. The molecular formula is C21H26Cl2N4O. The summed E-state index contributed by atoms with van der Waals surface area (Å²) >= 11 is 0. The van der Waals surface area contributed by atoms with Gasteiger partial charge in [-0.25, -0.2) is 4.98 Å². The van der Waals surface area contributed by atoms with Gasteiger partial charge < -0.3 is 15.2 Å². The Labute approximate surface area is 177 Å². The molecular weight excluding hydrogens is 395 g/mol. The Hall–Kier alpha value is -2.08. The van der Waals surface area contributed by atoms with Crippen molar-refractivity contribution in [3.05, 3.63) is 66.0 Å². The van der Waals surface area contributed by atoms with E-state index >= 15 is 0 Å². The molecule has 0 aliphatic carbocycles. The number of carbonyl (C=O) groups is 1. The zero-order valence-corrected chi connectivity index (χ0v) is 17.3. The van der Waals surface area contributed by atoms with E-state index in [1.165, 1.54) is 5.56 Å². The van der Waals surface area contributed by atoms with Crippen molar-refractivity contribution < 1.29 is 4.79 Å². The second-order valence-electron chi connectivity index (χ2n) is 6.92. The maximum atomic E-state index is 12.3. The van der Waals surface area contributed by atoms with Crippen LogP contribution >= 0.6 is 24.8 Å². The van der Waals surface area contributed by atoms with Crippen LogP contribution in [0.4, 0.5) is 0 Å². The number of imidazole rings is 1. The molecule has 28 heavy (non-hydrogen) atoms. The Balaban J connectivity index is 0.00000140.